The van der Waals surface area contributed by atoms with Gasteiger partial charge in [-0.05, 0) is 46.8 Å². The summed E-state index contributed by atoms with van der Waals surface area (Å²) in [5.41, 5.74) is 0. The molecule has 4 N–H and O–H groups in total. The van der Waals surface area contributed by atoms with E-state index in [1.54, 1.807) is 0 Å². The molecule has 0 aromatic carbocycles. The first-order chi connectivity index (χ1) is 12.1. The van der Waals surface area contributed by atoms with Crippen molar-refractivity contribution in [3.63, 3.8) is 0 Å². The van der Waals surface area contributed by atoms with Gasteiger partial charge in [0.05, 0.1) is 0 Å². The summed E-state index contributed by atoms with van der Waals surface area (Å²) in [5, 5.41) is 12.3. The maximum absolute atomic E-state index is 12.4. The van der Waals surface area contributed by atoms with Crippen LogP contribution in [0.5, 0.6) is 0 Å². The fourth-order valence-electron chi connectivity index (χ4n) is 2.91. The minimum atomic E-state index is -0.0626. The highest BCUT2D eigenvalue weighted by atomic mass is 16.2. The third-order valence-corrected chi connectivity index (χ3v) is 4.40. The first kappa shape index (κ1) is 23.9. The topological polar surface area (TPSA) is 82.3 Å². The zero-order valence-electron chi connectivity index (χ0n) is 16.7. The SMILES string of the molecule is CCCCCC(CC(=O)NCC)NC(=O)CC(CCCCNC)NC. The summed E-state index contributed by atoms with van der Waals surface area (Å²) in [6.07, 6.45) is 8.21. The summed E-state index contributed by atoms with van der Waals surface area (Å²) in [4.78, 5) is 24.3. The Labute approximate surface area is 154 Å². The molecule has 148 valence electrons. The van der Waals surface area contributed by atoms with Crippen LogP contribution in [-0.2, 0) is 9.59 Å². The molecule has 0 aromatic rings. The molecular formula is C19H40N4O2. The Balaban J connectivity index is 4.36. The van der Waals surface area contributed by atoms with Crippen molar-refractivity contribution in [3.05, 3.63) is 0 Å². The van der Waals surface area contributed by atoms with Crippen LogP contribution in [-0.4, -0.2) is 51.1 Å². The summed E-state index contributed by atoms with van der Waals surface area (Å²) in [6, 6.07) is 0.130. The van der Waals surface area contributed by atoms with Crippen LogP contribution < -0.4 is 21.3 Å². The van der Waals surface area contributed by atoms with E-state index in [4.69, 9.17) is 0 Å². The molecule has 2 unspecified atom stereocenters. The summed E-state index contributed by atoms with van der Waals surface area (Å²) < 4.78 is 0. The molecule has 0 aliphatic rings. The van der Waals surface area contributed by atoms with Crippen LogP contribution in [0.25, 0.3) is 0 Å². The molecule has 2 amide bonds. The number of nitrogens with one attached hydrogen (secondary N) is 4. The smallest absolute Gasteiger partial charge is 0.222 e. The number of unbranched alkanes of at least 4 members (excludes halogenated alkanes) is 3. The number of carbonyl (C=O) groups is 2. The Kier molecular flexibility index (Phi) is 15.6. The van der Waals surface area contributed by atoms with Gasteiger partial charge in [-0.1, -0.05) is 32.6 Å². The highest BCUT2D eigenvalue weighted by Crippen LogP contribution is 2.09. The van der Waals surface area contributed by atoms with Gasteiger partial charge in [-0.25, -0.2) is 0 Å². The number of amides is 2. The monoisotopic (exact) mass is 356 g/mol. The molecule has 25 heavy (non-hydrogen) atoms. The van der Waals surface area contributed by atoms with Crippen molar-refractivity contribution < 1.29 is 9.59 Å². The number of hydrogen-bond donors (Lipinski definition) is 4. The Morgan fingerprint density at radius 2 is 1.48 bits per heavy atom. The predicted octanol–water partition coefficient (Wildman–Crippen LogP) is 1.95. The van der Waals surface area contributed by atoms with E-state index in [1.165, 1.54) is 0 Å². The molecule has 0 saturated heterocycles. The first-order valence-electron chi connectivity index (χ1n) is 9.95. The Morgan fingerprint density at radius 1 is 0.840 bits per heavy atom. The van der Waals surface area contributed by atoms with E-state index in [9.17, 15) is 9.59 Å². The van der Waals surface area contributed by atoms with Gasteiger partial charge in [0, 0.05) is 31.5 Å². The molecule has 0 aliphatic heterocycles. The van der Waals surface area contributed by atoms with Crippen LogP contribution >= 0.6 is 0 Å². The van der Waals surface area contributed by atoms with Crippen molar-refractivity contribution in [2.45, 2.75) is 83.7 Å². The molecule has 0 heterocycles. The molecule has 6 heteroatoms. The molecule has 0 aliphatic carbocycles. The van der Waals surface area contributed by atoms with Gasteiger partial charge in [0.15, 0.2) is 0 Å². The first-order valence-corrected chi connectivity index (χ1v) is 9.95. The van der Waals surface area contributed by atoms with Crippen LogP contribution in [0.2, 0.25) is 0 Å². The van der Waals surface area contributed by atoms with E-state index in [2.05, 4.69) is 28.2 Å². The largest absolute Gasteiger partial charge is 0.356 e. The molecule has 0 bridgehead atoms. The quantitative estimate of drug-likeness (QED) is 0.319. The minimum Gasteiger partial charge on any atom is -0.356 e. The maximum atomic E-state index is 12.4. The van der Waals surface area contributed by atoms with Crippen molar-refractivity contribution >= 4 is 11.8 Å². The maximum Gasteiger partial charge on any atom is 0.222 e. The number of carbonyl (C=O) groups excluding carboxylic acids is 2. The zero-order chi connectivity index (χ0) is 18.9. The van der Waals surface area contributed by atoms with Gasteiger partial charge in [-0.3, -0.25) is 9.59 Å². The third kappa shape index (κ3) is 13.8. The van der Waals surface area contributed by atoms with Gasteiger partial charge < -0.3 is 21.3 Å². The van der Waals surface area contributed by atoms with Crippen LogP contribution in [0.4, 0.5) is 0 Å². The molecule has 0 saturated carbocycles. The van der Waals surface area contributed by atoms with Gasteiger partial charge in [0.1, 0.15) is 0 Å². The van der Waals surface area contributed by atoms with E-state index in [0.717, 1.165) is 51.5 Å². The van der Waals surface area contributed by atoms with Crippen LogP contribution in [0.1, 0.15) is 71.6 Å². The molecule has 6 nitrogen and oxygen atoms in total. The standard InChI is InChI=1S/C19H40N4O2/c1-5-7-8-12-17(15-18(24)22-6-2)23-19(25)14-16(21-4)11-9-10-13-20-3/h16-17,20-21H,5-15H2,1-4H3,(H,22,24)(H,23,25). The number of rotatable bonds is 16. The van der Waals surface area contributed by atoms with Crippen molar-refractivity contribution in [2.75, 3.05) is 27.2 Å². The second kappa shape index (κ2) is 16.3. The summed E-state index contributed by atoms with van der Waals surface area (Å²) in [5.74, 6) is 0.0558. The summed E-state index contributed by atoms with van der Waals surface area (Å²) in [7, 11) is 3.86. The van der Waals surface area contributed by atoms with Crippen molar-refractivity contribution in [1.82, 2.24) is 21.3 Å². The second-order valence-corrected chi connectivity index (χ2v) is 6.71. The van der Waals surface area contributed by atoms with Crippen LogP contribution in [0.3, 0.4) is 0 Å². The van der Waals surface area contributed by atoms with E-state index in [1.807, 2.05) is 21.0 Å². The molecule has 2 atom stereocenters. The van der Waals surface area contributed by atoms with E-state index in [0.29, 0.717) is 19.4 Å². The molecule has 0 radical (unpaired) electrons. The van der Waals surface area contributed by atoms with Gasteiger partial charge in [0.25, 0.3) is 0 Å². The van der Waals surface area contributed by atoms with Crippen LogP contribution in [0.15, 0.2) is 0 Å². The van der Waals surface area contributed by atoms with Crippen molar-refractivity contribution in [2.24, 2.45) is 0 Å². The van der Waals surface area contributed by atoms with Crippen molar-refractivity contribution in [3.8, 4) is 0 Å². The molecular weight excluding hydrogens is 316 g/mol. The lowest BCUT2D eigenvalue weighted by Crippen LogP contribution is -2.41. The second-order valence-electron chi connectivity index (χ2n) is 6.71. The van der Waals surface area contributed by atoms with Gasteiger partial charge in [-0.15, -0.1) is 0 Å². The van der Waals surface area contributed by atoms with Crippen molar-refractivity contribution in [1.29, 1.82) is 0 Å². The lowest BCUT2D eigenvalue weighted by molar-refractivity contribution is -0.124. The van der Waals surface area contributed by atoms with Gasteiger partial charge in [-0.2, -0.15) is 0 Å². The highest BCUT2D eigenvalue weighted by Gasteiger charge is 2.18. The molecule has 0 spiro atoms. The summed E-state index contributed by atoms with van der Waals surface area (Å²) >= 11 is 0. The van der Waals surface area contributed by atoms with E-state index < -0.39 is 0 Å². The average molecular weight is 357 g/mol. The number of hydrogen-bond acceptors (Lipinski definition) is 4. The zero-order valence-corrected chi connectivity index (χ0v) is 16.7. The van der Waals surface area contributed by atoms with Gasteiger partial charge >= 0.3 is 0 Å². The molecule has 0 fully saturated rings. The Morgan fingerprint density at radius 3 is 2.08 bits per heavy atom. The molecule has 0 rings (SSSR count). The Bertz CT molecular complexity index is 350. The highest BCUT2D eigenvalue weighted by molar-refractivity contribution is 5.80. The fourth-order valence-corrected chi connectivity index (χ4v) is 2.91. The molecule has 0 aromatic heterocycles. The lowest BCUT2D eigenvalue weighted by atomic mass is 10.0. The van der Waals surface area contributed by atoms with E-state index in [-0.39, 0.29) is 23.9 Å². The van der Waals surface area contributed by atoms with E-state index >= 15 is 0 Å². The van der Waals surface area contributed by atoms with Crippen LogP contribution in [0, 0.1) is 0 Å². The third-order valence-electron chi connectivity index (χ3n) is 4.40. The van der Waals surface area contributed by atoms with Gasteiger partial charge in [0.2, 0.25) is 11.8 Å². The Hall–Kier alpha value is -1.14. The normalized spacial score (nSPS) is 13.3. The predicted molar refractivity (Wildman–Crippen MR) is 105 cm³/mol. The average Bonchev–Trinajstić information content (AvgIpc) is 2.57. The lowest BCUT2D eigenvalue weighted by Gasteiger charge is -2.21. The minimum absolute atomic E-state index is 0.0153. The fraction of sp³-hybridized carbons (Fsp3) is 0.895. The summed E-state index contributed by atoms with van der Waals surface area (Å²) in [6.45, 7) is 5.70.